The van der Waals surface area contributed by atoms with Crippen LogP contribution in [0.1, 0.15) is 22.7 Å². The molecule has 1 unspecified atom stereocenters. The third kappa shape index (κ3) is 2.16. The van der Waals surface area contributed by atoms with Crippen LogP contribution in [0.5, 0.6) is 23.0 Å². The van der Waals surface area contributed by atoms with Gasteiger partial charge in [-0.3, -0.25) is 4.79 Å². The lowest BCUT2D eigenvalue weighted by atomic mass is 9.76. The van der Waals surface area contributed by atoms with Crippen molar-refractivity contribution in [2.24, 2.45) is 0 Å². The Balaban J connectivity index is 1.87. The second-order valence-electron chi connectivity index (χ2n) is 6.82. The highest BCUT2D eigenvalue weighted by atomic mass is 35.5. The quantitative estimate of drug-likeness (QED) is 0.756. The first kappa shape index (κ1) is 16.6. The number of nitrogens with zero attached hydrogens (tertiary/aromatic N) is 1. The van der Waals surface area contributed by atoms with Crippen LogP contribution in [0.25, 0.3) is 11.1 Å². The molecule has 0 saturated heterocycles. The molecule has 7 heteroatoms. The number of methoxy groups -OCH3 is 2. The molecule has 1 aliphatic carbocycles. The molecule has 3 aliphatic rings. The Kier molecular flexibility index (Phi) is 3.65. The molecule has 0 spiro atoms. The summed E-state index contributed by atoms with van der Waals surface area (Å²) in [6, 6.07) is 3.89. The van der Waals surface area contributed by atoms with E-state index in [1.54, 1.807) is 14.2 Å². The van der Waals surface area contributed by atoms with Crippen molar-refractivity contribution >= 4 is 18.0 Å². The summed E-state index contributed by atoms with van der Waals surface area (Å²) in [7, 11) is 3.19. The molecule has 6 nitrogen and oxygen atoms in total. The number of amides is 1. The fourth-order valence-electron chi connectivity index (χ4n) is 4.50. The van der Waals surface area contributed by atoms with E-state index in [2.05, 4.69) is 0 Å². The summed E-state index contributed by atoms with van der Waals surface area (Å²) in [4.78, 5) is 13.6. The predicted molar refractivity (Wildman–Crippen MR) is 99.0 cm³/mol. The van der Waals surface area contributed by atoms with Gasteiger partial charge in [-0.05, 0) is 47.2 Å². The first-order valence-electron chi connectivity index (χ1n) is 8.78. The molecule has 2 heterocycles. The molecule has 0 bridgehead atoms. The van der Waals surface area contributed by atoms with Crippen LogP contribution in [-0.2, 0) is 17.6 Å². The van der Waals surface area contributed by atoms with E-state index >= 15 is 0 Å². The number of ether oxygens (including phenoxy) is 4. The molecule has 2 aromatic rings. The van der Waals surface area contributed by atoms with Crippen LogP contribution in [0.3, 0.4) is 0 Å². The summed E-state index contributed by atoms with van der Waals surface area (Å²) >= 11 is 6.68. The van der Waals surface area contributed by atoms with Crippen LogP contribution >= 0.6 is 11.6 Å². The first-order valence-corrected chi connectivity index (χ1v) is 9.15. The summed E-state index contributed by atoms with van der Waals surface area (Å²) in [5, 5.41) is 0.563. The molecule has 0 fully saturated rings. The van der Waals surface area contributed by atoms with Crippen molar-refractivity contribution in [1.82, 2.24) is 4.90 Å². The number of hydrogen-bond acceptors (Lipinski definition) is 5. The van der Waals surface area contributed by atoms with Crippen molar-refractivity contribution in [1.29, 1.82) is 0 Å². The molecule has 27 heavy (non-hydrogen) atoms. The molecule has 2 aliphatic heterocycles. The third-order valence-electron chi connectivity index (χ3n) is 5.67. The number of fused-ring (bicyclic) bond motifs is 3. The second kappa shape index (κ2) is 5.96. The van der Waals surface area contributed by atoms with Gasteiger partial charge in [0.05, 0.1) is 25.3 Å². The predicted octanol–water partition coefficient (Wildman–Crippen LogP) is 3.36. The maximum Gasteiger partial charge on any atom is 0.231 e. The summed E-state index contributed by atoms with van der Waals surface area (Å²) in [5.41, 5.74) is 5.08. The van der Waals surface area contributed by atoms with Gasteiger partial charge in [0.1, 0.15) is 0 Å². The van der Waals surface area contributed by atoms with E-state index in [0.29, 0.717) is 41.7 Å². The fraction of sp³-hybridized carbons (Fsp3) is 0.350. The number of carbonyl (C=O) groups excluding carboxylic acids is 1. The van der Waals surface area contributed by atoms with Gasteiger partial charge in [0.15, 0.2) is 23.0 Å². The van der Waals surface area contributed by atoms with Crippen LogP contribution in [0.2, 0.25) is 5.02 Å². The van der Waals surface area contributed by atoms with Crippen LogP contribution in [0, 0.1) is 0 Å². The Morgan fingerprint density at radius 1 is 1.19 bits per heavy atom. The lowest BCUT2D eigenvalue weighted by Gasteiger charge is -2.41. The molecule has 1 atom stereocenters. The summed E-state index contributed by atoms with van der Waals surface area (Å²) in [5.74, 6) is 2.54. The van der Waals surface area contributed by atoms with E-state index in [4.69, 9.17) is 30.5 Å². The number of benzene rings is 2. The lowest BCUT2D eigenvalue weighted by molar-refractivity contribution is -0.120. The second-order valence-corrected chi connectivity index (χ2v) is 7.20. The molecule has 0 aromatic heterocycles. The number of rotatable bonds is 3. The Hall–Kier alpha value is -2.60. The van der Waals surface area contributed by atoms with Gasteiger partial charge in [-0.25, -0.2) is 0 Å². The molecule has 0 saturated carbocycles. The zero-order valence-corrected chi connectivity index (χ0v) is 15.8. The SMILES string of the molecule is COc1c(Cl)c2c3c(c1OC)-c1cc4c(cc1CC3N(C=O)CC2)OCO4. The average molecular weight is 388 g/mol. The first-order chi connectivity index (χ1) is 13.2. The van der Waals surface area contributed by atoms with Gasteiger partial charge in [0.25, 0.3) is 0 Å². The number of carbonyl (C=O) groups is 1. The average Bonchev–Trinajstić information content (AvgIpc) is 3.14. The van der Waals surface area contributed by atoms with Crippen LogP contribution in [0.15, 0.2) is 12.1 Å². The third-order valence-corrected chi connectivity index (χ3v) is 6.07. The normalized spacial score (nSPS) is 18.6. The molecule has 2 aromatic carbocycles. The van der Waals surface area contributed by atoms with E-state index < -0.39 is 0 Å². The van der Waals surface area contributed by atoms with E-state index in [-0.39, 0.29) is 12.8 Å². The minimum Gasteiger partial charge on any atom is -0.492 e. The van der Waals surface area contributed by atoms with Gasteiger partial charge in [-0.1, -0.05) is 11.6 Å². The van der Waals surface area contributed by atoms with E-state index in [9.17, 15) is 4.79 Å². The highest BCUT2D eigenvalue weighted by Crippen LogP contribution is 2.56. The largest absolute Gasteiger partial charge is 0.492 e. The van der Waals surface area contributed by atoms with Crippen molar-refractivity contribution in [3.05, 3.63) is 33.8 Å². The minimum absolute atomic E-state index is 0.0913. The summed E-state index contributed by atoms with van der Waals surface area (Å²) < 4.78 is 22.5. The Bertz CT molecular complexity index is 974. The van der Waals surface area contributed by atoms with Crippen molar-refractivity contribution in [2.75, 3.05) is 27.6 Å². The Morgan fingerprint density at radius 2 is 1.93 bits per heavy atom. The molecular weight excluding hydrogens is 370 g/mol. The smallest absolute Gasteiger partial charge is 0.231 e. The molecule has 0 radical (unpaired) electrons. The number of hydrogen-bond donors (Lipinski definition) is 0. The van der Waals surface area contributed by atoms with Gasteiger partial charge < -0.3 is 23.8 Å². The maximum absolute atomic E-state index is 11.7. The highest BCUT2D eigenvalue weighted by molar-refractivity contribution is 6.33. The summed E-state index contributed by atoms with van der Waals surface area (Å²) in [6.07, 6.45) is 2.28. The Morgan fingerprint density at radius 3 is 2.63 bits per heavy atom. The van der Waals surface area contributed by atoms with Crippen LogP contribution < -0.4 is 18.9 Å². The topological polar surface area (TPSA) is 57.2 Å². The maximum atomic E-state index is 11.7. The zero-order chi connectivity index (χ0) is 18.7. The number of halogens is 1. The zero-order valence-electron chi connectivity index (χ0n) is 15.0. The van der Waals surface area contributed by atoms with Gasteiger partial charge >= 0.3 is 0 Å². The fourth-order valence-corrected chi connectivity index (χ4v) is 4.86. The van der Waals surface area contributed by atoms with Crippen molar-refractivity contribution in [3.8, 4) is 34.1 Å². The molecule has 1 amide bonds. The van der Waals surface area contributed by atoms with Crippen molar-refractivity contribution < 1.29 is 23.7 Å². The van der Waals surface area contributed by atoms with E-state index in [1.807, 2.05) is 17.0 Å². The molecule has 140 valence electrons. The van der Waals surface area contributed by atoms with Crippen LogP contribution in [-0.4, -0.2) is 38.9 Å². The van der Waals surface area contributed by atoms with E-state index in [1.165, 1.54) is 0 Å². The highest BCUT2D eigenvalue weighted by Gasteiger charge is 2.40. The lowest BCUT2D eigenvalue weighted by Crippen LogP contribution is -2.37. The van der Waals surface area contributed by atoms with Gasteiger partial charge in [-0.15, -0.1) is 0 Å². The molecule has 0 N–H and O–H groups in total. The monoisotopic (exact) mass is 387 g/mol. The van der Waals surface area contributed by atoms with Gasteiger partial charge in [0.2, 0.25) is 13.2 Å². The van der Waals surface area contributed by atoms with Gasteiger partial charge in [0, 0.05) is 12.1 Å². The Labute approximate surface area is 161 Å². The van der Waals surface area contributed by atoms with Crippen molar-refractivity contribution in [3.63, 3.8) is 0 Å². The minimum atomic E-state index is -0.0913. The van der Waals surface area contributed by atoms with Gasteiger partial charge in [-0.2, -0.15) is 0 Å². The van der Waals surface area contributed by atoms with Crippen molar-refractivity contribution in [2.45, 2.75) is 18.9 Å². The summed E-state index contributed by atoms with van der Waals surface area (Å²) in [6.45, 7) is 0.830. The van der Waals surface area contributed by atoms with E-state index in [0.717, 1.165) is 40.0 Å². The molecular formula is C20H18ClNO5. The van der Waals surface area contributed by atoms with Crippen LogP contribution in [0.4, 0.5) is 0 Å². The molecule has 5 rings (SSSR count). The standard InChI is InChI=1S/C20H18ClNO5/c1-24-19-17-12-7-15-14(26-9-27-15)6-10(12)5-13-16(17)11(3-4-22(13)8-23)18(21)20(19)25-2/h6-8,13H,3-5,9H2,1-2H3.